The molecule has 0 spiro atoms. The Kier molecular flexibility index (Phi) is 6.30. The third-order valence-electron chi connectivity index (χ3n) is 3.69. The fraction of sp³-hybridized carbons (Fsp3) is 0.312. The number of alkyl halides is 5. The third-order valence-corrected chi connectivity index (χ3v) is 4.44. The van der Waals surface area contributed by atoms with E-state index in [2.05, 4.69) is 31.7 Å². The first kappa shape index (κ1) is 22.7. The number of benzene rings is 1. The van der Waals surface area contributed by atoms with Gasteiger partial charge in [-0.1, -0.05) is 0 Å². The molecule has 1 heterocycles. The zero-order chi connectivity index (χ0) is 22.1. The molecule has 0 unspecified atom stereocenters. The van der Waals surface area contributed by atoms with Gasteiger partial charge in [-0.25, -0.2) is 4.39 Å². The zero-order valence-corrected chi connectivity index (χ0v) is 16.4. The van der Waals surface area contributed by atoms with E-state index in [1.54, 1.807) is 0 Å². The molecule has 0 saturated heterocycles. The summed E-state index contributed by atoms with van der Waals surface area (Å²) >= 11 is 2.58. The highest BCUT2D eigenvalue weighted by Gasteiger charge is 2.61. The lowest BCUT2D eigenvalue weighted by molar-refractivity contribution is -0.291. The average molecular weight is 487 g/mol. The minimum Gasteiger partial charge on any atom is -0.352 e. The first-order valence-corrected chi connectivity index (χ1v) is 8.56. The number of rotatable bonds is 5. The molecular formula is C16H13BrF6N4O2. The van der Waals surface area contributed by atoms with Crippen LogP contribution in [0.3, 0.4) is 0 Å². The Balaban J connectivity index is 2.33. The van der Waals surface area contributed by atoms with Gasteiger partial charge in [0.15, 0.2) is 5.69 Å². The maximum Gasteiger partial charge on any atom is 0.459 e. The number of hydrogen-bond acceptors (Lipinski definition) is 3. The van der Waals surface area contributed by atoms with Crippen LogP contribution in [-0.4, -0.2) is 27.8 Å². The van der Waals surface area contributed by atoms with E-state index in [9.17, 15) is 35.9 Å². The SMILES string of the molecule is CC(=O)NCc1cc(NC(=O)c2c(Br)c(C(F)(F)C(F)(F)F)nn2C)ccc1F. The summed E-state index contributed by atoms with van der Waals surface area (Å²) in [6, 6.07) is 3.33. The lowest BCUT2D eigenvalue weighted by Gasteiger charge is -2.17. The van der Waals surface area contributed by atoms with E-state index in [-0.39, 0.29) is 17.8 Å². The predicted octanol–water partition coefficient (Wildman–Crippen LogP) is 3.86. The molecule has 29 heavy (non-hydrogen) atoms. The van der Waals surface area contributed by atoms with E-state index in [1.165, 1.54) is 13.0 Å². The quantitative estimate of drug-likeness (QED) is 0.630. The minimum absolute atomic E-state index is 0.0198. The van der Waals surface area contributed by atoms with Crippen molar-refractivity contribution in [3.8, 4) is 0 Å². The number of nitrogens with zero attached hydrogens (tertiary/aromatic N) is 2. The van der Waals surface area contributed by atoms with Crippen molar-refractivity contribution in [1.82, 2.24) is 15.1 Å². The molecule has 13 heteroatoms. The number of nitrogens with one attached hydrogen (secondary N) is 2. The van der Waals surface area contributed by atoms with Crippen LogP contribution < -0.4 is 10.6 Å². The minimum atomic E-state index is -5.91. The summed E-state index contributed by atoms with van der Waals surface area (Å²) in [5.41, 5.74) is -2.22. The molecule has 1 aromatic heterocycles. The van der Waals surface area contributed by atoms with E-state index < -0.39 is 45.6 Å². The molecule has 0 aliphatic rings. The Hall–Kier alpha value is -2.57. The summed E-state index contributed by atoms with van der Waals surface area (Å²) in [6.07, 6.45) is -5.91. The second-order valence-electron chi connectivity index (χ2n) is 5.88. The van der Waals surface area contributed by atoms with Gasteiger partial charge < -0.3 is 10.6 Å². The molecule has 2 aromatic rings. The van der Waals surface area contributed by atoms with Crippen molar-refractivity contribution >= 4 is 33.4 Å². The van der Waals surface area contributed by atoms with Crippen molar-refractivity contribution in [1.29, 1.82) is 0 Å². The summed E-state index contributed by atoms with van der Waals surface area (Å²) in [4.78, 5) is 23.4. The highest BCUT2D eigenvalue weighted by molar-refractivity contribution is 9.10. The molecule has 0 radical (unpaired) electrons. The van der Waals surface area contributed by atoms with Crippen LogP contribution in [0.2, 0.25) is 0 Å². The van der Waals surface area contributed by atoms with Crippen LogP contribution in [-0.2, 0) is 24.3 Å². The number of halogens is 7. The number of carbonyl (C=O) groups is 2. The predicted molar refractivity (Wildman–Crippen MR) is 92.7 cm³/mol. The summed E-state index contributed by atoms with van der Waals surface area (Å²) in [6.45, 7) is 1.04. The van der Waals surface area contributed by atoms with Crippen molar-refractivity contribution in [2.45, 2.75) is 25.6 Å². The van der Waals surface area contributed by atoms with Crippen LogP contribution >= 0.6 is 15.9 Å². The van der Waals surface area contributed by atoms with E-state index in [4.69, 9.17) is 0 Å². The molecule has 2 rings (SSSR count). The van der Waals surface area contributed by atoms with Crippen LogP contribution in [0.1, 0.15) is 28.7 Å². The summed E-state index contributed by atoms with van der Waals surface area (Å²) in [5, 5.41) is 7.75. The molecule has 0 atom stereocenters. The van der Waals surface area contributed by atoms with Gasteiger partial charge in [0.25, 0.3) is 5.91 Å². The van der Waals surface area contributed by atoms with Gasteiger partial charge in [-0.3, -0.25) is 14.3 Å². The summed E-state index contributed by atoms with van der Waals surface area (Å²) in [5.74, 6) is -7.45. The van der Waals surface area contributed by atoms with E-state index in [1.807, 2.05) is 0 Å². The largest absolute Gasteiger partial charge is 0.459 e. The van der Waals surface area contributed by atoms with Crippen LogP contribution in [0.25, 0.3) is 0 Å². The summed E-state index contributed by atoms with van der Waals surface area (Å²) in [7, 11) is 1.02. The molecule has 0 saturated carbocycles. The number of anilines is 1. The topological polar surface area (TPSA) is 76.0 Å². The standard InChI is InChI=1S/C16H13BrF6N4O2/c1-7(28)24-6-8-5-9(3-4-10(8)18)25-14(29)12-11(17)13(26-27(12)2)15(19,20)16(21,22)23/h3-5H,6H2,1-2H3,(H,24,28)(H,25,29). The molecule has 2 amide bonds. The number of amides is 2. The molecule has 0 aliphatic heterocycles. The highest BCUT2D eigenvalue weighted by Crippen LogP contribution is 2.46. The zero-order valence-electron chi connectivity index (χ0n) is 14.8. The second-order valence-corrected chi connectivity index (χ2v) is 6.67. The Bertz CT molecular complexity index is 958. The van der Waals surface area contributed by atoms with E-state index in [0.29, 0.717) is 4.68 Å². The monoisotopic (exact) mass is 486 g/mol. The van der Waals surface area contributed by atoms with Crippen molar-refractivity contribution in [3.63, 3.8) is 0 Å². The van der Waals surface area contributed by atoms with Crippen LogP contribution in [0, 0.1) is 5.82 Å². The Morgan fingerprint density at radius 3 is 2.38 bits per heavy atom. The van der Waals surface area contributed by atoms with Crippen molar-refractivity contribution in [2.24, 2.45) is 7.05 Å². The number of aromatic nitrogens is 2. The van der Waals surface area contributed by atoms with Gasteiger partial charge >= 0.3 is 12.1 Å². The highest BCUT2D eigenvalue weighted by atomic mass is 79.9. The fourth-order valence-electron chi connectivity index (χ4n) is 2.28. The normalized spacial score (nSPS) is 12.0. The van der Waals surface area contributed by atoms with E-state index in [0.717, 1.165) is 19.2 Å². The lowest BCUT2D eigenvalue weighted by Crippen LogP contribution is -2.34. The van der Waals surface area contributed by atoms with Crippen LogP contribution in [0.15, 0.2) is 22.7 Å². The Morgan fingerprint density at radius 1 is 1.21 bits per heavy atom. The number of aryl methyl sites for hydroxylation is 1. The number of hydrogen-bond donors (Lipinski definition) is 2. The third kappa shape index (κ3) is 4.71. The Morgan fingerprint density at radius 2 is 1.83 bits per heavy atom. The summed E-state index contributed by atoms with van der Waals surface area (Å²) < 4.78 is 78.6. The molecule has 0 aliphatic carbocycles. The second kappa shape index (κ2) is 8.05. The molecular weight excluding hydrogens is 474 g/mol. The maximum absolute atomic E-state index is 13.8. The smallest absolute Gasteiger partial charge is 0.352 e. The molecule has 6 nitrogen and oxygen atoms in total. The van der Waals surface area contributed by atoms with Gasteiger partial charge in [-0.2, -0.15) is 27.1 Å². The first-order valence-electron chi connectivity index (χ1n) is 7.77. The first-order chi connectivity index (χ1) is 13.3. The average Bonchev–Trinajstić information content (AvgIpc) is 2.89. The van der Waals surface area contributed by atoms with Crippen molar-refractivity contribution < 1.29 is 35.9 Å². The molecule has 2 N–H and O–H groups in total. The van der Waals surface area contributed by atoms with Crippen molar-refractivity contribution in [2.75, 3.05) is 5.32 Å². The van der Waals surface area contributed by atoms with Gasteiger partial charge in [0.2, 0.25) is 5.91 Å². The fourth-order valence-corrected chi connectivity index (χ4v) is 3.04. The molecule has 0 fully saturated rings. The Labute approximate surface area is 168 Å². The maximum atomic E-state index is 13.8. The van der Waals surface area contributed by atoms with Crippen LogP contribution in [0.5, 0.6) is 0 Å². The lowest BCUT2D eigenvalue weighted by atomic mass is 10.1. The molecule has 1 aromatic carbocycles. The van der Waals surface area contributed by atoms with E-state index >= 15 is 0 Å². The molecule has 0 bridgehead atoms. The van der Waals surface area contributed by atoms with Crippen molar-refractivity contribution in [3.05, 3.63) is 45.4 Å². The van der Waals surface area contributed by atoms with Gasteiger partial charge in [0, 0.05) is 31.8 Å². The number of carbonyl (C=O) groups excluding carboxylic acids is 2. The van der Waals surface area contributed by atoms with Gasteiger partial charge in [0.05, 0.1) is 4.47 Å². The van der Waals surface area contributed by atoms with Gasteiger partial charge in [-0.15, -0.1) is 0 Å². The molecule has 158 valence electrons. The van der Waals surface area contributed by atoms with Crippen LogP contribution in [0.4, 0.5) is 32.0 Å². The van der Waals surface area contributed by atoms with Gasteiger partial charge in [0.1, 0.15) is 11.5 Å². The van der Waals surface area contributed by atoms with Gasteiger partial charge in [-0.05, 0) is 34.1 Å².